The van der Waals surface area contributed by atoms with Gasteiger partial charge in [-0.2, -0.15) is 0 Å². The highest BCUT2D eigenvalue weighted by Gasteiger charge is 2.08. The quantitative estimate of drug-likeness (QED) is 0.555. The molecular formula is C12H18ClN3O3. The third kappa shape index (κ3) is 5.87. The molecule has 1 aromatic heterocycles. The van der Waals surface area contributed by atoms with Gasteiger partial charge in [0, 0.05) is 26.3 Å². The molecule has 7 heteroatoms. The Balaban J connectivity index is 2.39. The zero-order valence-electron chi connectivity index (χ0n) is 11.0. The molecule has 0 radical (unpaired) electrons. The third-order valence-corrected chi connectivity index (χ3v) is 2.47. The van der Waals surface area contributed by atoms with Gasteiger partial charge in [0.15, 0.2) is 0 Å². The second-order valence-electron chi connectivity index (χ2n) is 3.67. The number of hydrogen-bond acceptors (Lipinski definition) is 5. The van der Waals surface area contributed by atoms with Crippen molar-refractivity contribution < 1.29 is 14.3 Å². The van der Waals surface area contributed by atoms with Crippen molar-refractivity contribution in [1.82, 2.24) is 10.3 Å². The molecule has 0 fully saturated rings. The summed E-state index contributed by atoms with van der Waals surface area (Å²) in [5.41, 5.74) is 0.459. The van der Waals surface area contributed by atoms with Crippen LogP contribution in [0.5, 0.6) is 0 Å². The summed E-state index contributed by atoms with van der Waals surface area (Å²) in [5, 5.41) is 5.85. The molecule has 0 bridgehead atoms. The summed E-state index contributed by atoms with van der Waals surface area (Å²) in [6, 6.07) is 3.15. The maximum Gasteiger partial charge on any atom is 0.251 e. The molecule has 1 amide bonds. The molecule has 0 aliphatic carbocycles. The Kier molecular flexibility index (Phi) is 7.17. The van der Waals surface area contributed by atoms with Crippen LogP contribution in [0, 0.1) is 0 Å². The Bertz CT molecular complexity index is 415. The number of ether oxygens (including phenoxy) is 2. The molecule has 0 aliphatic rings. The maximum atomic E-state index is 11.8. The Morgan fingerprint density at radius 1 is 1.37 bits per heavy atom. The smallest absolute Gasteiger partial charge is 0.251 e. The molecule has 0 unspecified atom stereocenters. The fourth-order valence-corrected chi connectivity index (χ4v) is 1.55. The van der Waals surface area contributed by atoms with Crippen LogP contribution in [-0.2, 0) is 9.47 Å². The van der Waals surface area contributed by atoms with Gasteiger partial charge in [-0.3, -0.25) is 4.79 Å². The van der Waals surface area contributed by atoms with Crippen molar-refractivity contribution in [3.63, 3.8) is 0 Å². The highest BCUT2D eigenvalue weighted by atomic mass is 35.5. The summed E-state index contributed by atoms with van der Waals surface area (Å²) in [6.07, 6.45) is 0. The van der Waals surface area contributed by atoms with Crippen LogP contribution in [0.2, 0.25) is 5.15 Å². The van der Waals surface area contributed by atoms with Crippen LogP contribution in [-0.4, -0.2) is 51.4 Å². The van der Waals surface area contributed by atoms with Gasteiger partial charge in [0.2, 0.25) is 0 Å². The number of nitrogens with one attached hydrogen (secondary N) is 2. The first kappa shape index (κ1) is 15.7. The average molecular weight is 288 g/mol. The van der Waals surface area contributed by atoms with Crippen LogP contribution in [0.4, 0.5) is 5.82 Å². The number of pyridine rings is 1. The van der Waals surface area contributed by atoms with Gasteiger partial charge >= 0.3 is 0 Å². The third-order valence-electron chi connectivity index (χ3n) is 2.28. The van der Waals surface area contributed by atoms with Gasteiger partial charge in [-0.1, -0.05) is 11.6 Å². The number of carbonyl (C=O) groups excluding carboxylic acids is 1. The zero-order chi connectivity index (χ0) is 14.1. The predicted octanol–water partition coefficient (Wildman–Crippen LogP) is 1.17. The molecule has 0 atom stereocenters. The van der Waals surface area contributed by atoms with E-state index in [1.54, 1.807) is 20.2 Å². The Hall–Kier alpha value is -1.37. The monoisotopic (exact) mass is 287 g/mol. The van der Waals surface area contributed by atoms with Crippen LogP contribution in [0.15, 0.2) is 12.1 Å². The van der Waals surface area contributed by atoms with Gasteiger partial charge in [0.1, 0.15) is 11.0 Å². The van der Waals surface area contributed by atoms with E-state index < -0.39 is 0 Å². The van der Waals surface area contributed by atoms with Crippen molar-refractivity contribution in [3.8, 4) is 0 Å². The molecule has 0 saturated carbocycles. The number of anilines is 1. The molecule has 2 N–H and O–H groups in total. The van der Waals surface area contributed by atoms with E-state index in [0.717, 1.165) is 0 Å². The van der Waals surface area contributed by atoms with E-state index >= 15 is 0 Å². The molecule has 0 spiro atoms. The number of nitrogens with zero attached hydrogens (tertiary/aromatic N) is 1. The predicted molar refractivity (Wildman–Crippen MR) is 73.8 cm³/mol. The van der Waals surface area contributed by atoms with Gasteiger partial charge in [-0.15, -0.1) is 0 Å². The molecule has 6 nitrogen and oxygen atoms in total. The number of carbonyl (C=O) groups is 1. The van der Waals surface area contributed by atoms with Crippen LogP contribution in [0.3, 0.4) is 0 Å². The highest BCUT2D eigenvalue weighted by Crippen LogP contribution is 2.13. The lowest BCUT2D eigenvalue weighted by Gasteiger charge is -2.08. The standard InChI is InChI=1S/C12H18ClN3O3/c1-14-11-8-9(7-10(13)16-11)12(17)15-3-4-19-6-5-18-2/h7-8H,3-6H2,1-2H3,(H,14,16)(H,15,17). The minimum absolute atomic E-state index is 0.212. The molecular weight excluding hydrogens is 270 g/mol. The summed E-state index contributed by atoms with van der Waals surface area (Å²) in [6.45, 7) is 1.92. The van der Waals surface area contributed by atoms with Gasteiger partial charge in [0.05, 0.1) is 19.8 Å². The minimum Gasteiger partial charge on any atom is -0.382 e. The number of aromatic nitrogens is 1. The maximum absolute atomic E-state index is 11.8. The second-order valence-corrected chi connectivity index (χ2v) is 4.06. The SMILES string of the molecule is CNc1cc(C(=O)NCCOCCOC)cc(Cl)n1. The summed E-state index contributed by atoms with van der Waals surface area (Å²) in [7, 11) is 3.32. The molecule has 0 saturated heterocycles. The Labute approximate surface area is 117 Å². The van der Waals surface area contributed by atoms with Gasteiger partial charge in [-0.05, 0) is 12.1 Å². The number of rotatable bonds is 8. The lowest BCUT2D eigenvalue weighted by Crippen LogP contribution is -2.27. The lowest BCUT2D eigenvalue weighted by atomic mass is 10.2. The first-order valence-corrected chi connectivity index (χ1v) is 6.25. The van der Waals surface area contributed by atoms with E-state index in [9.17, 15) is 4.79 Å². The molecule has 1 aromatic rings. The van der Waals surface area contributed by atoms with Crippen LogP contribution >= 0.6 is 11.6 Å². The topological polar surface area (TPSA) is 72.5 Å². The Morgan fingerprint density at radius 3 is 2.84 bits per heavy atom. The number of amides is 1. The fraction of sp³-hybridized carbons (Fsp3) is 0.500. The van der Waals surface area contributed by atoms with Crippen LogP contribution < -0.4 is 10.6 Å². The van der Waals surface area contributed by atoms with Crippen molar-refractivity contribution in [2.45, 2.75) is 0 Å². The van der Waals surface area contributed by atoms with Crippen LogP contribution in [0.1, 0.15) is 10.4 Å². The van der Waals surface area contributed by atoms with Gasteiger partial charge in [-0.25, -0.2) is 4.98 Å². The number of methoxy groups -OCH3 is 1. The molecule has 19 heavy (non-hydrogen) atoms. The van der Waals surface area contributed by atoms with Crippen molar-refractivity contribution in [2.75, 3.05) is 45.8 Å². The van der Waals surface area contributed by atoms with Gasteiger partial charge in [0.25, 0.3) is 5.91 Å². The molecule has 106 valence electrons. The first-order valence-electron chi connectivity index (χ1n) is 5.87. The first-order chi connectivity index (χ1) is 9.17. The Morgan fingerprint density at radius 2 is 2.16 bits per heavy atom. The summed E-state index contributed by atoms with van der Waals surface area (Å²) < 4.78 is 10.1. The van der Waals surface area contributed by atoms with E-state index in [-0.39, 0.29) is 11.1 Å². The molecule has 1 rings (SSSR count). The van der Waals surface area contributed by atoms with E-state index in [1.807, 2.05) is 0 Å². The fourth-order valence-electron chi connectivity index (χ4n) is 1.34. The summed E-state index contributed by atoms with van der Waals surface area (Å²) >= 11 is 5.82. The molecule has 0 aromatic carbocycles. The molecule has 0 aliphatic heterocycles. The highest BCUT2D eigenvalue weighted by molar-refractivity contribution is 6.29. The van der Waals surface area contributed by atoms with Crippen molar-refractivity contribution in [2.24, 2.45) is 0 Å². The van der Waals surface area contributed by atoms with E-state index in [2.05, 4.69) is 15.6 Å². The number of halogens is 1. The number of hydrogen-bond donors (Lipinski definition) is 2. The largest absolute Gasteiger partial charge is 0.382 e. The summed E-state index contributed by atoms with van der Waals surface area (Å²) in [4.78, 5) is 15.8. The van der Waals surface area contributed by atoms with E-state index in [1.165, 1.54) is 6.07 Å². The summed E-state index contributed by atoms with van der Waals surface area (Å²) in [5.74, 6) is 0.338. The van der Waals surface area contributed by atoms with Crippen molar-refractivity contribution >= 4 is 23.3 Å². The normalized spacial score (nSPS) is 10.3. The lowest BCUT2D eigenvalue weighted by molar-refractivity contribution is 0.0692. The van der Waals surface area contributed by atoms with Crippen molar-refractivity contribution in [3.05, 3.63) is 22.8 Å². The van der Waals surface area contributed by atoms with E-state index in [0.29, 0.717) is 37.7 Å². The van der Waals surface area contributed by atoms with Gasteiger partial charge < -0.3 is 20.1 Å². The average Bonchev–Trinajstić information content (AvgIpc) is 2.41. The zero-order valence-corrected chi connectivity index (χ0v) is 11.8. The van der Waals surface area contributed by atoms with E-state index in [4.69, 9.17) is 21.1 Å². The second kappa shape index (κ2) is 8.68. The van der Waals surface area contributed by atoms with Crippen LogP contribution in [0.25, 0.3) is 0 Å². The van der Waals surface area contributed by atoms with Crippen molar-refractivity contribution in [1.29, 1.82) is 0 Å². The minimum atomic E-state index is -0.212. The molecule has 1 heterocycles.